The van der Waals surface area contributed by atoms with Gasteiger partial charge in [0.1, 0.15) is 0 Å². The first kappa shape index (κ1) is 15.4. The normalized spacial score (nSPS) is 12.4. The molecular weight excluding hydrogens is 289 g/mol. The van der Waals surface area contributed by atoms with Crippen molar-refractivity contribution in [3.05, 3.63) is 69.2 Å². The van der Waals surface area contributed by atoms with Gasteiger partial charge in [0.05, 0.1) is 0 Å². The molecule has 2 aromatic carbocycles. The van der Waals surface area contributed by atoms with Crippen LogP contribution in [0.15, 0.2) is 42.5 Å². The highest BCUT2D eigenvalue weighted by molar-refractivity contribution is 6.35. The molecule has 0 saturated carbocycles. The van der Waals surface area contributed by atoms with Crippen molar-refractivity contribution in [2.45, 2.75) is 26.3 Å². The molecule has 0 fully saturated rings. The molecule has 2 aromatic rings. The fraction of sp³-hybridized carbons (Fsp3) is 0.294. The van der Waals surface area contributed by atoms with Crippen molar-refractivity contribution in [1.82, 2.24) is 5.32 Å². The largest absolute Gasteiger partial charge is 0.310 e. The molecule has 20 heavy (non-hydrogen) atoms. The van der Waals surface area contributed by atoms with Gasteiger partial charge in [0.2, 0.25) is 0 Å². The van der Waals surface area contributed by atoms with Crippen molar-refractivity contribution in [2.24, 2.45) is 0 Å². The molecule has 1 unspecified atom stereocenters. The minimum atomic E-state index is 0.335. The average molecular weight is 308 g/mol. The Hall–Kier alpha value is -1.02. The van der Waals surface area contributed by atoms with Crippen LogP contribution in [0.1, 0.15) is 29.7 Å². The van der Waals surface area contributed by atoms with E-state index in [1.54, 1.807) is 6.07 Å². The molecule has 1 nitrogen and oxygen atoms in total. The van der Waals surface area contributed by atoms with E-state index in [2.05, 4.69) is 43.4 Å². The molecule has 0 aliphatic carbocycles. The molecule has 2 rings (SSSR count). The summed E-state index contributed by atoms with van der Waals surface area (Å²) >= 11 is 12.1. The maximum atomic E-state index is 6.17. The molecule has 0 amide bonds. The predicted octanol–water partition coefficient (Wildman–Crippen LogP) is 5.20. The number of hydrogen-bond donors (Lipinski definition) is 1. The highest BCUT2D eigenvalue weighted by Gasteiger charge is 2.07. The lowest BCUT2D eigenvalue weighted by molar-refractivity contribution is 0.574. The van der Waals surface area contributed by atoms with Crippen LogP contribution < -0.4 is 5.32 Å². The van der Waals surface area contributed by atoms with Crippen molar-refractivity contribution >= 4 is 23.2 Å². The van der Waals surface area contributed by atoms with E-state index in [1.807, 2.05) is 12.1 Å². The molecule has 106 valence electrons. The lowest BCUT2D eigenvalue weighted by atomic mass is 10.0. The topological polar surface area (TPSA) is 12.0 Å². The van der Waals surface area contributed by atoms with Crippen LogP contribution in [-0.2, 0) is 6.42 Å². The number of rotatable bonds is 5. The molecule has 0 spiro atoms. The molecule has 1 atom stereocenters. The van der Waals surface area contributed by atoms with Crippen molar-refractivity contribution in [3.63, 3.8) is 0 Å². The summed E-state index contributed by atoms with van der Waals surface area (Å²) in [7, 11) is 0. The first-order chi connectivity index (χ1) is 9.58. The van der Waals surface area contributed by atoms with E-state index >= 15 is 0 Å². The summed E-state index contributed by atoms with van der Waals surface area (Å²) in [6, 6.07) is 14.5. The van der Waals surface area contributed by atoms with E-state index in [0.29, 0.717) is 11.1 Å². The molecule has 0 saturated heterocycles. The third-order valence-corrected chi connectivity index (χ3v) is 4.10. The van der Waals surface area contributed by atoms with E-state index in [0.717, 1.165) is 23.6 Å². The molecule has 0 aromatic heterocycles. The Morgan fingerprint density at radius 2 is 1.85 bits per heavy atom. The number of halogens is 2. The summed E-state index contributed by atoms with van der Waals surface area (Å²) in [5.74, 6) is 0. The zero-order valence-corrected chi connectivity index (χ0v) is 13.3. The van der Waals surface area contributed by atoms with Gasteiger partial charge in [-0.05, 0) is 55.6 Å². The van der Waals surface area contributed by atoms with E-state index in [9.17, 15) is 0 Å². The fourth-order valence-corrected chi connectivity index (χ4v) is 2.83. The highest BCUT2D eigenvalue weighted by Crippen LogP contribution is 2.21. The summed E-state index contributed by atoms with van der Waals surface area (Å²) in [6.07, 6.45) is 0.895. The molecule has 0 bridgehead atoms. The second-order valence-electron chi connectivity index (χ2n) is 5.02. The zero-order valence-electron chi connectivity index (χ0n) is 11.8. The van der Waals surface area contributed by atoms with Crippen LogP contribution >= 0.6 is 23.2 Å². The van der Waals surface area contributed by atoms with Crippen molar-refractivity contribution in [2.75, 3.05) is 6.54 Å². The van der Waals surface area contributed by atoms with Crippen LogP contribution in [0.3, 0.4) is 0 Å². The Morgan fingerprint density at radius 1 is 1.10 bits per heavy atom. The average Bonchev–Trinajstić information content (AvgIpc) is 2.41. The van der Waals surface area contributed by atoms with Crippen LogP contribution in [0.4, 0.5) is 0 Å². The summed E-state index contributed by atoms with van der Waals surface area (Å²) < 4.78 is 0. The third-order valence-electron chi connectivity index (χ3n) is 3.51. The number of aryl methyl sites for hydroxylation is 1. The van der Waals surface area contributed by atoms with Crippen molar-refractivity contribution in [1.29, 1.82) is 0 Å². The number of nitrogens with one attached hydrogen (secondary N) is 1. The Balaban J connectivity index is 1.91. The molecule has 0 aliphatic heterocycles. The van der Waals surface area contributed by atoms with E-state index < -0.39 is 0 Å². The molecule has 0 radical (unpaired) electrons. The van der Waals surface area contributed by atoms with Gasteiger partial charge in [0, 0.05) is 16.1 Å². The van der Waals surface area contributed by atoms with Gasteiger partial charge in [-0.1, -0.05) is 53.5 Å². The molecule has 0 heterocycles. The lowest BCUT2D eigenvalue weighted by Crippen LogP contribution is -2.22. The Labute approximate surface area is 130 Å². The van der Waals surface area contributed by atoms with Crippen molar-refractivity contribution < 1.29 is 0 Å². The van der Waals surface area contributed by atoms with Crippen LogP contribution in [-0.4, -0.2) is 6.54 Å². The van der Waals surface area contributed by atoms with Crippen LogP contribution in [0.5, 0.6) is 0 Å². The maximum Gasteiger partial charge on any atom is 0.0453 e. The smallest absolute Gasteiger partial charge is 0.0453 e. The van der Waals surface area contributed by atoms with Gasteiger partial charge in [0.15, 0.2) is 0 Å². The van der Waals surface area contributed by atoms with Crippen LogP contribution in [0.25, 0.3) is 0 Å². The first-order valence-electron chi connectivity index (χ1n) is 6.81. The Bertz CT molecular complexity index is 581. The van der Waals surface area contributed by atoms with E-state index in [-0.39, 0.29) is 0 Å². The Morgan fingerprint density at radius 3 is 2.55 bits per heavy atom. The summed E-state index contributed by atoms with van der Waals surface area (Å²) in [4.78, 5) is 0. The van der Waals surface area contributed by atoms with Crippen LogP contribution in [0.2, 0.25) is 10.0 Å². The summed E-state index contributed by atoms with van der Waals surface area (Å²) in [6.45, 7) is 5.21. The van der Waals surface area contributed by atoms with Crippen molar-refractivity contribution in [3.8, 4) is 0 Å². The maximum absolute atomic E-state index is 6.17. The van der Waals surface area contributed by atoms with Gasteiger partial charge >= 0.3 is 0 Å². The standard InChI is InChI=1S/C17H19Cl2N/c1-12-5-3-4-6-16(12)13(2)20-10-9-14-7-8-15(18)11-17(14)19/h3-8,11,13,20H,9-10H2,1-2H3. The van der Waals surface area contributed by atoms with Gasteiger partial charge in [-0.2, -0.15) is 0 Å². The third kappa shape index (κ3) is 3.99. The fourth-order valence-electron chi connectivity index (χ4n) is 2.33. The monoisotopic (exact) mass is 307 g/mol. The minimum Gasteiger partial charge on any atom is -0.310 e. The highest BCUT2D eigenvalue weighted by atomic mass is 35.5. The molecule has 0 aliphatic rings. The Kier molecular flexibility index (Phi) is 5.47. The SMILES string of the molecule is Cc1ccccc1C(C)NCCc1ccc(Cl)cc1Cl. The quantitative estimate of drug-likeness (QED) is 0.801. The first-order valence-corrected chi connectivity index (χ1v) is 7.56. The van der Waals surface area contributed by atoms with E-state index in [4.69, 9.17) is 23.2 Å². The summed E-state index contributed by atoms with van der Waals surface area (Å²) in [5, 5.41) is 4.96. The van der Waals surface area contributed by atoms with Gasteiger partial charge in [0.25, 0.3) is 0 Å². The van der Waals surface area contributed by atoms with E-state index in [1.165, 1.54) is 11.1 Å². The zero-order chi connectivity index (χ0) is 14.5. The van der Waals surface area contributed by atoms with Gasteiger partial charge < -0.3 is 5.32 Å². The van der Waals surface area contributed by atoms with Gasteiger partial charge in [-0.3, -0.25) is 0 Å². The number of benzene rings is 2. The van der Waals surface area contributed by atoms with Gasteiger partial charge in [-0.15, -0.1) is 0 Å². The van der Waals surface area contributed by atoms with Gasteiger partial charge in [-0.25, -0.2) is 0 Å². The molecule has 1 N–H and O–H groups in total. The molecule has 3 heteroatoms. The predicted molar refractivity (Wildman–Crippen MR) is 87.8 cm³/mol. The molecular formula is C17H19Cl2N. The summed E-state index contributed by atoms with van der Waals surface area (Å²) in [5.41, 5.74) is 3.78. The second-order valence-corrected chi connectivity index (χ2v) is 5.86. The number of hydrogen-bond acceptors (Lipinski definition) is 1. The minimum absolute atomic E-state index is 0.335. The second kappa shape index (κ2) is 7.12. The van der Waals surface area contributed by atoms with Crippen LogP contribution in [0, 0.1) is 6.92 Å². The lowest BCUT2D eigenvalue weighted by Gasteiger charge is -2.16.